The zero-order valence-electron chi connectivity index (χ0n) is 12.5. The average molecular weight is 335 g/mol. The Morgan fingerprint density at radius 2 is 1.83 bits per heavy atom. The van der Waals surface area contributed by atoms with Crippen LogP contribution in [0.1, 0.15) is 12.8 Å². The van der Waals surface area contributed by atoms with E-state index in [0.29, 0.717) is 29.8 Å². The summed E-state index contributed by atoms with van der Waals surface area (Å²) >= 11 is -1.32. The lowest BCUT2D eigenvalue weighted by Gasteiger charge is -2.18. The second-order valence-electron chi connectivity index (χ2n) is 5.36. The molecule has 1 atom stereocenters. The smallest absolute Gasteiger partial charge is 0.227 e. The molecule has 0 saturated carbocycles. The number of anilines is 1. The molecule has 1 amide bonds. The van der Waals surface area contributed by atoms with E-state index in [9.17, 15) is 18.1 Å². The molecule has 0 aromatic heterocycles. The summed E-state index contributed by atoms with van der Waals surface area (Å²) in [6.07, 6.45) is 2.48. The van der Waals surface area contributed by atoms with Gasteiger partial charge in [0, 0.05) is 24.1 Å². The number of carbonyl (C=O) groups is 1. The summed E-state index contributed by atoms with van der Waals surface area (Å²) in [6.45, 7) is 0.393. The first-order valence-corrected chi connectivity index (χ1v) is 8.77. The molecule has 6 heteroatoms. The van der Waals surface area contributed by atoms with Crippen LogP contribution in [0.15, 0.2) is 41.3 Å². The molecule has 0 N–H and O–H groups in total. The van der Waals surface area contributed by atoms with Gasteiger partial charge >= 0.3 is 0 Å². The van der Waals surface area contributed by atoms with Gasteiger partial charge in [-0.05, 0) is 41.9 Å². The molecule has 1 unspecified atom stereocenters. The molecule has 2 aromatic carbocycles. The lowest BCUT2D eigenvalue weighted by molar-refractivity contribution is -0.117. The second kappa shape index (κ2) is 6.29. The maximum absolute atomic E-state index is 14.6. The van der Waals surface area contributed by atoms with Crippen LogP contribution < -0.4 is 4.90 Å². The molecule has 1 saturated heterocycles. The van der Waals surface area contributed by atoms with E-state index in [-0.39, 0.29) is 17.2 Å². The monoisotopic (exact) mass is 335 g/mol. The van der Waals surface area contributed by atoms with E-state index in [2.05, 4.69) is 0 Å². The first-order valence-electron chi connectivity index (χ1n) is 7.22. The molecule has 1 aliphatic heterocycles. The Balaban J connectivity index is 2.10. The first kappa shape index (κ1) is 16.0. The van der Waals surface area contributed by atoms with Crippen molar-refractivity contribution < 1.29 is 18.1 Å². The third kappa shape index (κ3) is 2.84. The molecule has 1 aliphatic rings. The molecule has 2 aromatic rings. The van der Waals surface area contributed by atoms with Crippen molar-refractivity contribution >= 4 is 22.8 Å². The van der Waals surface area contributed by atoms with Gasteiger partial charge in [-0.1, -0.05) is 12.1 Å². The molecule has 3 rings (SSSR count). The van der Waals surface area contributed by atoms with Gasteiger partial charge in [-0.25, -0.2) is 8.78 Å². The van der Waals surface area contributed by atoms with Gasteiger partial charge in [0.05, 0.1) is 5.69 Å². The summed E-state index contributed by atoms with van der Waals surface area (Å²) in [6, 6.07) is 9.46. The molecule has 0 spiro atoms. The van der Waals surface area contributed by atoms with Crippen LogP contribution >= 0.6 is 0 Å². The maximum atomic E-state index is 14.6. The minimum Gasteiger partial charge on any atom is -0.612 e. The number of rotatable bonds is 3. The molecule has 23 heavy (non-hydrogen) atoms. The lowest BCUT2D eigenvalue weighted by atomic mass is 10.0. The molecule has 3 nitrogen and oxygen atoms in total. The zero-order valence-corrected chi connectivity index (χ0v) is 13.3. The van der Waals surface area contributed by atoms with Gasteiger partial charge in [0.2, 0.25) is 5.91 Å². The summed E-state index contributed by atoms with van der Waals surface area (Å²) in [4.78, 5) is 13.4. The number of halogens is 2. The minimum absolute atomic E-state index is 0.0381. The van der Waals surface area contributed by atoms with Crippen LogP contribution in [0.25, 0.3) is 11.1 Å². The summed E-state index contributed by atoms with van der Waals surface area (Å²) in [5, 5.41) is 0. The summed E-state index contributed by atoms with van der Waals surface area (Å²) in [7, 11) is 0. The fraction of sp³-hybridized carbons (Fsp3) is 0.235. The van der Waals surface area contributed by atoms with Crippen molar-refractivity contribution in [3.05, 3.63) is 48.0 Å². The highest BCUT2D eigenvalue weighted by Gasteiger charge is 2.27. The van der Waals surface area contributed by atoms with Gasteiger partial charge in [0.1, 0.15) is 6.26 Å². The van der Waals surface area contributed by atoms with E-state index in [1.54, 1.807) is 24.3 Å². The van der Waals surface area contributed by atoms with Gasteiger partial charge in [-0.2, -0.15) is 0 Å². The maximum Gasteiger partial charge on any atom is 0.227 e. The highest BCUT2D eigenvalue weighted by Crippen LogP contribution is 2.35. The Morgan fingerprint density at radius 3 is 2.48 bits per heavy atom. The van der Waals surface area contributed by atoms with Gasteiger partial charge in [-0.3, -0.25) is 4.79 Å². The number of hydrogen-bond acceptors (Lipinski definition) is 2. The minimum atomic E-state index is -1.32. The number of amides is 1. The van der Waals surface area contributed by atoms with Crippen molar-refractivity contribution in [1.82, 2.24) is 0 Å². The van der Waals surface area contributed by atoms with Crippen LogP contribution in [-0.2, 0) is 16.0 Å². The normalized spacial score (nSPS) is 16.0. The Kier molecular flexibility index (Phi) is 4.37. The number of benzene rings is 2. The number of carbonyl (C=O) groups excluding carboxylic acids is 1. The van der Waals surface area contributed by atoms with Gasteiger partial charge in [0.15, 0.2) is 16.5 Å². The van der Waals surface area contributed by atoms with Crippen molar-refractivity contribution in [2.45, 2.75) is 17.7 Å². The molecule has 0 radical (unpaired) electrons. The van der Waals surface area contributed by atoms with Crippen LogP contribution in [0.5, 0.6) is 0 Å². The third-order valence-electron chi connectivity index (χ3n) is 3.91. The molecular formula is C17H15F2NO2S. The second-order valence-corrected chi connectivity index (χ2v) is 6.71. The fourth-order valence-corrected chi connectivity index (χ4v) is 3.56. The van der Waals surface area contributed by atoms with Gasteiger partial charge < -0.3 is 9.45 Å². The molecule has 1 heterocycles. The van der Waals surface area contributed by atoms with E-state index >= 15 is 0 Å². The van der Waals surface area contributed by atoms with E-state index in [4.69, 9.17) is 0 Å². The summed E-state index contributed by atoms with van der Waals surface area (Å²) in [5.41, 5.74) is 0.400. The number of hydrogen-bond donors (Lipinski definition) is 0. The van der Waals surface area contributed by atoms with Crippen molar-refractivity contribution in [3.63, 3.8) is 0 Å². The van der Waals surface area contributed by atoms with Crippen molar-refractivity contribution in [2.24, 2.45) is 0 Å². The quantitative estimate of drug-likeness (QED) is 0.806. The molecule has 0 aliphatic carbocycles. The predicted octanol–water partition coefficient (Wildman–Crippen LogP) is 3.50. The van der Waals surface area contributed by atoms with E-state index < -0.39 is 22.8 Å². The van der Waals surface area contributed by atoms with Crippen molar-refractivity contribution in [2.75, 3.05) is 17.7 Å². The first-order chi connectivity index (χ1) is 11.0. The summed E-state index contributed by atoms with van der Waals surface area (Å²) < 4.78 is 40.8. The van der Waals surface area contributed by atoms with Crippen molar-refractivity contribution in [3.8, 4) is 11.1 Å². The van der Waals surface area contributed by atoms with Crippen LogP contribution in [0.3, 0.4) is 0 Å². The molecular weight excluding hydrogens is 320 g/mol. The zero-order chi connectivity index (χ0) is 16.6. The Bertz CT molecular complexity index is 764. The molecule has 0 bridgehead atoms. The SMILES string of the molecule is C[S+]([O-])c1ccccc1-c1ccc(N2CCCC2=O)c(F)c1F. The Labute approximate surface area is 136 Å². The van der Waals surface area contributed by atoms with Crippen molar-refractivity contribution in [1.29, 1.82) is 0 Å². The van der Waals surface area contributed by atoms with Crippen LogP contribution in [0, 0.1) is 11.6 Å². The van der Waals surface area contributed by atoms with E-state index in [1.165, 1.54) is 23.3 Å². The third-order valence-corrected chi connectivity index (χ3v) is 4.89. The standard InChI is InChI=1S/C17H15F2NO2S/c1-23(22)14-6-3-2-5-11(14)12-8-9-13(17(19)16(12)18)20-10-4-7-15(20)21/h2-3,5-6,8-9H,4,7,10H2,1H3. The molecule has 1 fully saturated rings. The fourth-order valence-electron chi connectivity index (χ4n) is 2.80. The van der Waals surface area contributed by atoms with E-state index in [0.717, 1.165) is 0 Å². The van der Waals surface area contributed by atoms with Gasteiger partial charge in [-0.15, -0.1) is 0 Å². The van der Waals surface area contributed by atoms with Crippen LogP contribution in [0.4, 0.5) is 14.5 Å². The van der Waals surface area contributed by atoms with Gasteiger partial charge in [0.25, 0.3) is 0 Å². The average Bonchev–Trinajstić information content (AvgIpc) is 2.96. The lowest BCUT2D eigenvalue weighted by Crippen LogP contribution is -2.25. The Morgan fingerprint density at radius 1 is 1.09 bits per heavy atom. The van der Waals surface area contributed by atoms with E-state index in [1.807, 2.05) is 0 Å². The highest BCUT2D eigenvalue weighted by molar-refractivity contribution is 7.90. The largest absolute Gasteiger partial charge is 0.612 e. The Hall–Kier alpha value is -1.92. The van der Waals surface area contributed by atoms with Crippen LogP contribution in [0.2, 0.25) is 0 Å². The summed E-state index contributed by atoms with van der Waals surface area (Å²) in [5.74, 6) is -2.28. The number of nitrogens with zero attached hydrogens (tertiary/aromatic N) is 1. The van der Waals surface area contributed by atoms with Crippen LogP contribution in [-0.4, -0.2) is 23.3 Å². The highest BCUT2D eigenvalue weighted by atomic mass is 32.2. The molecule has 120 valence electrons. The topological polar surface area (TPSA) is 43.4 Å². The predicted molar refractivity (Wildman–Crippen MR) is 85.7 cm³/mol.